The highest BCUT2D eigenvalue weighted by Gasteiger charge is 2.48. The molecule has 0 bridgehead atoms. The van der Waals surface area contributed by atoms with Crippen LogP contribution in [0, 0.1) is 5.92 Å². The third-order valence-electron chi connectivity index (χ3n) is 5.42. The van der Waals surface area contributed by atoms with Gasteiger partial charge in [0.1, 0.15) is 12.2 Å². The summed E-state index contributed by atoms with van der Waals surface area (Å²) in [4.78, 5) is 36.5. The van der Waals surface area contributed by atoms with Crippen molar-refractivity contribution in [2.75, 3.05) is 0 Å². The molecule has 1 saturated heterocycles. The summed E-state index contributed by atoms with van der Waals surface area (Å²) in [7, 11) is 0. The molecule has 3 atom stereocenters. The first kappa shape index (κ1) is 19.8. The molecule has 152 valence electrons. The van der Waals surface area contributed by atoms with Crippen LogP contribution in [0.2, 0.25) is 0 Å². The summed E-state index contributed by atoms with van der Waals surface area (Å²) < 4.78 is 11.1. The number of carbonyl (C=O) groups excluding carboxylic acids is 3. The van der Waals surface area contributed by atoms with Crippen LogP contribution in [0.5, 0.6) is 0 Å². The second-order valence-corrected chi connectivity index (χ2v) is 7.45. The maximum atomic E-state index is 12.5. The predicted molar refractivity (Wildman–Crippen MR) is 111 cm³/mol. The molecule has 0 N–H and O–H groups in total. The van der Waals surface area contributed by atoms with E-state index in [-0.39, 0.29) is 36.6 Å². The Kier molecular flexibility index (Phi) is 5.89. The maximum absolute atomic E-state index is 12.5. The molecule has 5 nitrogen and oxygen atoms in total. The van der Waals surface area contributed by atoms with Gasteiger partial charge in [-0.3, -0.25) is 9.59 Å². The number of esters is 2. The van der Waals surface area contributed by atoms with Crippen LogP contribution in [0.4, 0.5) is 0 Å². The van der Waals surface area contributed by atoms with Crippen LogP contribution in [-0.2, 0) is 19.1 Å². The minimum absolute atomic E-state index is 0.0619. The predicted octanol–water partition coefficient (Wildman–Crippen LogP) is 4.15. The Balaban J connectivity index is 1.47. The van der Waals surface area contributed by atoms with Crippen molar-refractivity contribution in [1.29, 1.82) is 0 Å². The average molecular weight is 402 g/mol. The van der Waals surface area contributed by atoms with Gasteiger partial charge in [0.25, 0.3) is 0 Å². The van der Waals surface area contributed by atoms with Crippen molar-refractivity contribution in [1.82, 2.24) is 0 Å². The molecule has 1 aliphatic heterocycles. The fraction of sp³-hybridized carbons (Fsp3) is 0.240. The quantitative estimate of drug-likeness (QED) is 0.413. The molecule has 4 rings (SSSR count). The molecular weight excluding hydrogens is 380 g/mol. The molecule has 0 radical (unpaired) electrons. The number of carbonyl (C=O) groups is 3. The minimum Gasteiger partial charge on any atom is -0.462 e. The second kappa shape index (κ2) is 8.91. The van der Waals surface area contributed by atoms with Crippen LogP contribution < -0.4 is 0 Å². The molecule has 2 aliphatic rings. The average Bonchev–Trinajstić information content (AvgIpc) is 3.27. The van der Waals surface area contributed by atoms with E-state index in [1.807, 2.05) is 36.4 Å². The lowest BCUT2D eigenvalue weighted by molar-refractivity contribution is -0.141. The summed E-state index contributed by atoms with van der Waals surface area (Å²) in [5, 5.41) is 0. The number of hydrogen-bond acceptors (Lipinski definition) is 5. The van der Waals surface area contributed by atoms with Gasteiger partial charge in [0.2, 0.25) is 0 Å². The van der Waals surface area contributed by atoms with E-state index in [0.717, 1.165) is 11.1 Å². The molecule has 1 aliphatic carbocycles. The molecule has 5 heteroatoms. The smallest absolute Gasteiger partial charge is 0.338 e. The molecule has 0 spiro atoms. The van der Waals surface area contributed by atoms with Crippen LogP contribution in [-0.4, -0.2) is 29.9 Å². The van der Waals surface area contributed by atoms with E-state index in [2.05, 4.69) is 0 Å². The van der Waals surface area contributed by atoms with E-state index in [1.165, 1.54) is 0 Å². The van der Waals surface area contributed by atoms with Crippen LogP contribution in [0.1, 0.15) is 35.2 Å². The Bertz CT molecular complexity index is 991. The number of allylic oxidation sites excluding steroid dienone is 2. The summed E-state index contributed by atoms with van der Waals surface area (Å²) in [5.41, 5.74) is 2.22. The topological polar surface area (TPSA) is 69.7 Å². The van der Waals surface area contributed by atoms with E-state index in [0.29, 0.717) is 12.0 Å². The van der Waals surface area contributed by atoms with Crippen molar-refractivity contribution in [3.05, 3.63) is 89.5 Å². The van der Waals surface area contributed by atoms with Crippen LogP contribution in [0.3, 0.4) is 0 Å². The number of ether oxygens (including phenoxy) is 2. The van der Waals surface area contributed by atoms with Crippen molar-refractivity contribution in [3.63, 3.8) is 0 Å². The summed E-state index contributed by atoms with van der Waals surface area (Å²) in [6.45, 7) is 0. The largest absolute Gasteiger partial charge is 0.462 e. The molecule has 0 amide bonds. The van der Waals surface area contributed by atoms with Gasteiger partial charge in [-0.1, -0.05) is 60.7 Å². The zero-order valence-electron chi connectivity index (χ0n) is 16.4. The fourth-order valence-electron chi connectivity index (χ4n) is 3.95. The van der Waals surface area contributed by atoms with Gasteiger partial charge in [-0.05, 0) is 29.3 Å². The zero-order valence-corrected chi connectivity index (χ0v) is 16.4. The van der Waals surface area contributed by atoms with Gasteiger partial charge in [0, 0.05) is 18.8 Å². The monoisotopic (exact) mass is 402 g/mol. The lowest BCUT2D eigenvalue weighted by atomic mass is 9.97. The van der Waals surface area contributed by atoms with Crippen molar-refractivity contribution in [2.24, 2.45) is 5.92 Å². The molecule has 2 aromatic carbocycles. The van der Waals surface area contributed by atoms with Crippen molar-refractivity contribution in [3.8, 4) is 0 Å². The molecule has 2 fully saturated rings. The Labute approximate surface area is 175 Å². The highest BCUT2D eigenvalue weighted by Crippen LogP contribution is 2.42. The van der Waals surface area contributed by atoms with E-state index < -0.39 is 12.1 Å². The Morgan fingerprint density at radius 1 is 1.03 bits per heavy atom. The van der Waals surface area contributed by atoms with Crippen LogP contribution >= 0.6 is 0 Å². The molecule has 2 aromatic rings. The molecule has 0 unspecified atom stereocenters. The SMILES string of the molecule is O=C(C=Cc1ccccc1)CC=C1[C@H]2CC(=O)O[C@H]2C[C@H]1OC(=O)c1ccccc1. The number of ketones is 1. The van der Waals surface area contributed by atoms with Gasteiger partial charge in [-0.15, -0.1) is 0 Å². The fourth-order valence-corrected chi connectivity index (χ4v) is 3.95. The van der Waals surface area contributed by atoms with E-state index in [1.54, 1.807) is 42.5 Å². The third-order valence-corrected chi connectivity index (χ3v) is 5.42. The molecule has 1 heterocycles. The lowest BCUT2D eigenvalue weighted by Crippen LogP contribution is -2.19. The summed E-state index contributed by atoms with van der Waals surface area (Å²) in [6, 6.07) is 18.3. The molecule has 1 saturated carbocycles. The van der Waals surface area contributed by atoms with Crippen LogP contribution in [0.15, 0.2) is 78.4 Å². The molecule has 30 heavy (non-hydrogen) atoms. The standard InChI is InChI=1S/C25H22O5/c26-19(12-11-17-7-3-1-4-8-17)13-14-20-21-15-24(27)29-23(21)16-22(20)30-25(28)18-9-5-2-6-10-18/h1-12,14,21-23H,13,15-16H2/t21-,22-,23+/m1/s1. The zero-order chi connectivity index (χ0) is 20.9. The number of fused-ring (bicyclic) bond motifs is 1. The molecular formula is C25H22O5. The van der Waals surface area contributed by atoms with Crippen molar-refractivity contribution < 1.29 is 23.9 Å². The first-order chi connectivity index (χ1) is 14.6. The molecule has 0 aromatic heterocycles. The van der Waals surface area contributed by atoms with Crippen molar-refractivity contribution in [2.45, 2.75) is 31.5 Å². The maximum Gasteiger partial charge on any atom is 0.338 e. The Hall–Kier alpha value is -3.47. The first-order valence-electron chi connectivity index (χ1n) is 10.0. The van der Waals surface area contributed by atoms with E-state index >= 15 is 0 Å². The van der Waals surface area contributed by atoms with Gasteiger partial charge in [0.15, 0.2) is 5.78 Å². The highest BCUT2D eigenvalue weighted by atomic mass is 16.6. The van der Waals surface area contributed by atoms with Gasteiger partial charge < -0.3 is 9.47 Å². The summed E-state index contributed by atoms with van der Waals surface area (Å²) in [5.74, 6) is -0.878. The number of rotatable bonds is 6. The third kappa shape index (κ3) is 4.57. The minimum atomic E-state index is -0.494. The van der Waals surface area contributed by atoms with E-state index in [4.69, 9.17) is 9.47 Å². The van der Waals surface area contributed by atoms with E-state index in [9.17, 15) is 14.4 Å². The Morgan fingerprint density at radius 3 is 2.47 bits per heavy atom. The van der Waals surface area contributed by atoms with Gasteiger partial charge in [-0.25, -0.2) is 4.79 Å². The number of benzene rings is 2. The lowest BCUT2D eigenvalue weighted by Gasteiger charge is -2.16. The summed E-state index contributed by atoms with van der Waals surface area (Å²) >= 11 is 0. The van der Waals surface area contributed by atoms with Crippen LogP contribution in [0.25, 0.3) is 6.08 Å². The highest BCUT2D eigenvalue weighted by molar-refractivity contribution is 5.94. The first-order valence-corrected chi connectivity index (χ1v) is 10.0. The van der Waals surface area contributed by atoms with Gasteiger partial charge in [0.05, 0.1) is 12.0 Å². The van der Waals surface area contributed by atoms with Gasteiger partial charge >= 0.3 is 11.9 Å². The second-order valence-electron chi connectivity index (χ2n) is 7.45. The van der Waals surface area contributed by atoms with Gasteiger partial charge in [-0.2, -0.15) is 0 Å². The normalized spacial score (nSPS) is 24.1. The van der Waals surface area contributed by atoms with Crippen molar-refractivity contribution >= 4 is 23.8 Å². The number of hydrogen-bond donors (Lipinski definition) is 0. The Morgan fingerprint density at radius 2 is 1.73 bits per heavy atom. The summed E-state index contributed by atoms with van der Waals surface area (Å²) in [6.07, 6.45) is 5.17.